The minimum Gasteiger partial charge on any atom is -0.254 e. The van der Waals surface area contributed by atoms with Crippen LogP contribution in [0, 0.1) is 5.92 Å². The lowest BCUT2D eigenvalue weighted by Crippen LogP contribution is -1.96. The fourth-order valence-electron chi connectivity index (χ4n) is 1.97. The molecule has 1 aromatic heterocycles. The van der Waals surface area contributed by atoms with E-state index in [9.17, 15) is 0 Å². The molecule has 0 aliphatic carbocycles. The van der Waals surface area contributed by atoms with Gasteiger partial charge in [0, 0.05) is 11.8 Å². The third kappa shape index (κ3) is 3.42. The lowest BCUT2D eigenvalue weighted by Gasteiger charge is -2.10. The SMILES string of the molecule is CC(C)Cc1cnc(-c2c(Cl)cccc2Cl)c(Cl)c1. The van der Waals surface area contributed by atoms with Crippen LogP contribution < -0.4 is 0 Å². The van der Waals surface area contributed by atoms with Crippen LogP contribution in [0.25, 0.3) is 11.3 Å². The molecule has 0 unspecified atom stereocenters. The molecule has 0 saturated carbocycles. The normalized spacial score (nSPS) is 11.1. The van der Waals surface area contributed by atoms with E-state index in [1.165, 1.54) is 0 Å². The third-order valence-corrected chi connectivity index (χ3v) is 3.66. The minimum absolute atomic E-state index is 0.554. The van der Waals surface area contributed by atoms with Crippen molar-refractivity contribution in [1.82, 2.24) is 4.98 Å². The summed E-state index contributed by atoms with van der Waals surface area (Å²) in [6, 6.07) is 7.30. The molecule has 0 fully saturated rings. The van der Waals surface area contributed by atoms with Gasteiger partial charge in [0.2, 0.25) is 0 Å². The molecule has 2 rings (SSSR count). The molecule has 100 valence electrons. The zero-order valence-corrected chi connectivity index (χ0v) is 13.0. The molecular weight excluding hydrogens is 301 g/mol. The minimum atomic E-state index is 0.554. The maximum Gasteiger partial charge on any atom is 0.0918 e. The van der Waals surface area contributed by atoms with Crippen molar-refractivity contribution >= 4 is 34.8 Å². The number of pyridine rings is 1. The molecule has 2 aromatic rings. The van der Waals surface area contributed by atoms with Gasteiger partial charge in [-0.15, -0.1) is 0 Å². The number of benzene rings is 1. The maximum absolute atomic E-state index is 6.31. The molecule has 1 aromatic carbocycles. The van der Waals surface area contributed by atoms with Gasteiger partial charge in [-0.1, -0.05) is 54.7 Å². The fourth-order valence-corrected chi connectivity index (χ4v) is 2.83. The summed E-state index contributed by atoms with van der Waals surface area (Å²) in [5.41, 5.74) is 2.43. The van der Waals surface area contributed by atoms with Crippen molar-refractivity contribution < 1.29 is 0 Å². The summed E-state index contributed by atoms with van der Waals surface area (Å²) in [4.78, 5) is 4.42. The first-order valence-electron chi connectivity index (χ1n) is 6.08. The number of rotatable bonds is 3. The van der Waals surface area contributed by atoms with E-state index in [1.54, 1.807) is 18.2 Å². The van der Waals surface area contributed by atoms with E-state index in [-0.39, 0.29) is 0 Å². The Hall–Kier alpha value is -0.760. The standard InChI is InChI=1S/C15H14Cl3N/c1-9(2)6-10-7-13(18)15(19-8-10)14-11(16)4-3-5-12(14)17/h3-5,7-9H,6H2,1-2H3. The van der Waals surface area contributed by atoms with Crippen LogP contribution in [0.15, 0.2) is 30.5 Å². The zero-order valence-electron chi connectivity index (χ0n) is 10.8. The molecule has 1 heterocycles. The molecule has 0 amide bonds. The van der Waals surface area contributed by atoms with E-state index in [0.29, 0.717) is 32.2 Å². The van der Waals surface area contributed by atoms with Crippen molar-refractivity contribution in [1.29, 1.82) is 0 Å². The molecule has 4 heteroatoms. The van der Waals surface area contributed by atoms with Crippen molar-refractivity contribution in [3.63, 3.8) is 0 Å². The Morgan fingerprint density at radius 1 is 1.05 bits per heavy atom. The second-order valence-corrected chi connectivity index (χ2v) is 6.09. The predicted molar refractivity (Wildman–Crippen MR) is 83.2 cm³/mol. The van der Waals surface area contributed by atoms with E-state index in [4.69, 9.17) is 34.8 Å². The van der Waals surface area contributed by atoms with Crippen molar-refractivity contribution in [3.05, 3.63) is 51.1 Å². The molecule has 0 saturated heterocycles. The third-order valence-electron chi connectivity index (χ3n) is 2.74. The number of hydrogen-bond donors (Lipinski definition) is 0. The quantitative estimate of drug-likeness (QED) is 0.686. The van der Waals surface area contributed by atoms with E-state index in [1.807, 2.05) is 12.3 Å². The predicted octanol–water partition coefficient (Wildman–Crippen LogP) is 5.91. The fraction of sp³-hybridized carbons (Fsp3) is 0.267. The van der Waals surface area contributed by atoms with Crippen LogP contribution >= 0.6 is 34.8 Å². The first kappa shape index (κ1) is 14.6. The van der Waals surface area contributed by atoms with Crippen LogP contribution in [-0.4, -0.2) is 4.98 Å². The van der Waals surface area contributed by atoms with Gasteiger partial charge in [0.15, 0.2) is 0 Å². The molecule has 0 aliphatic heterocycles. The summed E-state index contributed by atoms with van der Waals surface area (Å²) in [6.07, 6.45) is 2.78. The number of halogens is 3. The van der Waals surface area contributed by atoms with E-state index in [0.717, 1.165) is 12.0 Å². The molecule has 1 nitrogen and oxygen atoms in total. The topological polar surface area (TPSA) is 12.9 Å². The lowest BCUT2D eigenvalue weighted by molar-refractivity contribution is 0.646. The van der Waals surface area contributed by atoms with Gasteiger partial charge < -0.3 is 0 Å². The van der Waals surface area contributed by atoms with Gasteiger partial charge in [0.05, 0.1) is 20.8 Å². The Kier molecular flexibility index (Phi) is 4.72. The maximum atomic E-state index is 6.31. The molecular formula is C15H14Cl3N. The van der Waals surface area contributed by atoms with Crippen molar-refractivity contribution in [2.75, 3.05) is 0 Å². The molecule has 0 bridgehead atoms. The second kappa shape index (κ2) is 6.13. The van der Waals surface area contributed by atoms with Gasteiger partial charge in [-0.25, -0.2) is 0 Å². The summed E-state index contributed by atoms with van der Waals surface area (Å²) in [6.45, 7) is 4.32. The largest absolute Gasteiger partial charge is 0.254 e. The summed E-state index contributed by atoms with van der Waals surface area (Å²) >= 11 is 18.7. The van der Waals surface area contributed by atoms with Gasteiger partial charge in [0.25, 0.3) is 0 Å². The average Bonchev–Trinajstić information content (AvgIpc) is 2.30. The van der Waals surface area contributed by atoms with Gasteiger partial charge in [-0.05, 0) is 36.1 Å². The lowest BCUT2D eigenvalue weighted by atomic mass is 10.0. The van der Waals surface area contributed by atoms with Crippen molar-refractivity contribution in [2.24, 2.45) is 5.92 Å². The van der Waals surface area contributed by atoms with E-state index in [2.05, 4.69) is 18.8 Å². The Labute approximate surface area is 128 Å². The average molecular weight is 315 g/mol. The smallest absolute Gasteiger partial charge is 0.0918 e. The molecule has 0 radical (unpaired) electrons. The van der Waals surface area contributed by atoms with Crippen LogP contribution in [-0.2, 0) is 6.42 Å². The molecule has 0 spiro atoms. The van der Waals surface area contributed by atoms with Crippen LogP contribution in [0.4, 0.5) is 0 Å². The van der Waals surface area contributed by atoms with Crippen LogP contribution in [0.5, 0.6) is 0 Å². The number of nitrogens with zero attached hydrogens (tertiary/aromatic N) is 1. The highest BCUT2D eigenvalue weighted by atomic mass is 35.5. The highest BCUT2D eigenvalue weighted by molar-refractivity contribution is 6.40. The Balaban J connectivity index is 2.47. The highest BCUT2D eigenvalue weighted by Gasteiger charge is 2.14. The van der Waals surface area contributed by atoms with E-state index >= 15 is 0 Å². The van der Waals surface area contributed by atoms with Crippen LogP contribution in [0.3, 0.4) is 0 Å². The number of hydrogen-bond acceptors (Lipinski definition) is 1. The van der Waals surface area contributed by atoms with Crippen LogP contribution in [0.2, 0.25) is 15.1 Å². The van der Waals surface area contributed by atoms with Crippen LogP contribution in [0.1, 0.15) is 19.4 Å². The van der Waals surface area contributed by atoms with Crippen molar-refractivity contribution in [2.45, 2.75) is 20.3 Å². The summed E-state index contributed by atoms with van der Waals surface area (Å²) in [5.74, 6) is 0.563. The highest BCUT2D eigenvalue weighted by Crippen LogP contribution is 2.37. The van der Waals surface area contributed by atoms with Gasteiger partial charge in [-0.3, -0.25) is 4.98 Å². The van der Waals surface area contributed by atoms with Gasteiger partial charge in [-0.2, -0.15) is 0 Å². The van der Waals surface area contributed by atoms with Gasteiger partial charge >= 0.3 is 0 Å². The molecule has 0 atom stereocenters. The molecule has 19 heavy (non-hydrogen) atoms. The summed E-state index contributed by atoms with van der Waals surface area (Å²) in [7, 11) is 0. The zero-order chi connectivity index (χ0) is 14.0. The summed E-state index contributed by atoms with van der Waals surface area (Å²) < 4.78 is 0. The second-order valence-electron chi connectivity index (χ2n) is 4.87. The monoisotopic (exact) mass is 313 g/mol. The first-order chi connectivity index (χ1) is 8.99. The van der Waals surface area contributed by atoms with Crippen molar-refractivity contribution in [3.8, 4) is 11.3 Å². The Bertz CT molecular complexity index is 574. The number of aromatic nitrogens is 1. The Morgan fingerprint density at radius 3 is 2.21 bits per heavy atom. The molecule has 0 aliphatic rings. The Morgan fingerprint density at radius 2 is 1.68 bits per heavy atom. The summed E-state index contributed by atoms with van der Waals surface area (Å²) in [5, 5.41) is 1.69. The van der Waals surface area contributed by atoms with E-state index < -0.39 is 0 Å². The first-order valence-corrected chi connectivity index (χ1v) is 7.21. The molecule has 0 N–H and O–H groups in total. The van der Waals surface area contributed by atoms with Gasteiger partial charge in [0.1, 0.15) is 0 Å².